The highest BCUT2D eigenvalue weighted by molar-refractivity contribution is 7.99. The minimum absolute atomic E-state index is 0.237. The Morgan fingerprint density at radius 3 is 2.44 bits per heavy atom. The molecular weight excluding hydrogens is 249 g/mol. The van der Waals surface area contributed by atoms with Crippen molar-refractivity contribution in [1.29, 1.82) is 0 Å². The Labute approximate surface area is 110 Å². The van der Waals surface area contributed by atoms with E-state index in [4.69, 9.17) is 10.5 Å². The lowest BCUT2D eigenvalue weighted by atomic mass is 10.2. The maximum atomic E-state index is 13.8. The molecule has 2 nitrogen and oxygen atoms in total. The van der Waals surface area contributed by atoms with Gasteiger partial charge in [-0.15, -0.1) is 0 Å². The second-order valence-corrected chi connectivity index (χ2v) is 4.86. The third kappa shape index (κ3) is 3.03. The summed E-state index contributed by atoms with van der Waals surface area (Å²) in [6.07, 6.45) is 0. The molecule has 0 unspecified atom stereocenters. The first kappa shape index (κ1) is 12.9. The molecule has 0 spiro atoms. The fourth-order valence-corrected chi connectivity index (χ4v) is 2.34. The van der Waals surface area contributed by atoms with Gasteiger partial charge in [0.05, 0.1) is 7.11 Å². The minimum atomic E-state index is -0.237. The Bertz CT molecular complexity index is 528. The molecule has 0 aliphatic carbocycles. The van der Waals surface area contributed by atoms with E-state index >= 15 is 0 Å². The van der Waals surface area contributed by atoms with E-state index in [9.17, 15) is 4.39 Å². The van der Waals surface area contributed by atoms with E-state index in [1.165, 1.54) is 17.8 Å². The number of methoxy groups -OCH3 is 1. The van der Waals surface area contributed by atoms with E-state index in [1.807, 2.05) is 30.3 Å². The van der Waals surface area contributed by atoms with Crippen LogP contribution >= 0.6 is 11.8 Å². The van der Waals surface area contributed by atoms with Gasteiger partial charge in [-0.1, -0.05) is 17.8 Å². The predicted octanol–water partition coefficient (Wildman–Crippen LogP) is 3.44. The van der Waals surface area contributed by atoms with Crippen molar-refractivity contribution in [3.8, 4) is 5.75 Å². The fraction of sp³-hybridized carbons (Fsp3) is 0.143. The smallest absolute Gasteiger partial charge is 0.137 e. The molecule has 0 bridgehead atoms. The van der Waals surface area contributed by atoms with Crippen molar-refractivity contribution in [2.45, 2.75) is 16.3 Å². The molecule has 0 atom stereocenters. The lowest BCUT2D eigenvalue weighted by Crippen LogP contribution is -1.96. The summed E-state index contributed by atoms with van der Waals surface area (Å²) in [6.45, 7) is 0.352. The van der Waals surface area contributed by atoms with Gasteiger partial charge >= 0.3 is 0 Å². The molecule has 2 aromatic carbocycles. The first-order chi connectivity index (χ1) is 8.72. The van der Waals surface area contributed by atoms with Crippen LogP contribution in [-0.4, -0.2) is 7.11 Å². The molecule has 0 aliphatic rings. The standard InChI is InChI=1S/C14H14FNOS/c1-17-11-3-5-12(6-4-11)18-14-7-2-10(9-16)8-13(14)15/h2-8H,9,16H2,1H3. The molecule has 0 heterocycles. The van der Waals surface area contributed by atoms with Gasteiger partial charge in [-0.05, 0) is 42.0 Å². The molecule has 94 valence electrons. The summed E-state index contributed by atoms with van der Waals surface area (Å²) in [5.74, 6) is 0.553. The second kappa shape index (κ2) is 5.89. The summed E-state index contributed by atoms with van der Waals surface area (Å²) in [5.41, 5.74) is 6.26. The maximum Gasteiger partial charge on any atom is 0.137 e. The molecule has 0 aliphatic heterocycles. The molecule has 18 heavy (non-hydrogen) atoms. The van der Waals surface area contributed by atoms with Gasteiger partial charge in [-0.25, -0.2) is 4.39 Å². The third-order valence-electron chi connectivity index (χ3n) is 2.52. The van der Waals surface area contributed by atoms with Crippen molar-refractivity contribution >= 4 is 11.8 Å². The number of halogens is 1. The Morgan fingerprint density at radius 2 is 1.89 bits per heavy atom. The predicted molar refractivity (Wildman–Crippen MR) is 71.4 cm³/mol. The van der Waals surface area contributed by atoms with E-state index in [-0.39, 0.29) is 5.82 Å². The molecule has 0 saturated heterocycles. The van der Waals surface area contributed by atoms with Crippen LogP contribution in [0.15, 0.2) is 52.3 Å². The van der Waals surface area contributed by atoms with Gasteiger partial charge in [-0.3, -0.25) is 0 Å². The first-order valence-electron chi connectivity index (χ1n) is 5.53. The zero-order valence-electron chi connectivity index (χ0n) is 10.0. The maximum absolute atomic E-state index is 13.8. The molecule has 0 amide bonds. The van der Waals surface area contributed by atoms with Crippen LogP contribution in [0, 0.1) is 5.82 Å². The highest BCUT2D eigenvalue weighted by atomic mass is 32.2. The van der Waals surface area contributed by atoms with Crippen LogP contribution in [0.2, 0.25) is 0 Å². The van der Waals surface area contributed by atoms with Crippen molar-refractivity contribution in [1.82, 2.24) is 0 Å². The first-order valence-corrected chi connectivity index (χ1v) is 6.35. The quantitative estimate of drug-likeness (QED) is 0.917. The summed E-state index contributed by atoms with van der Waals surface area (Å²) in [6, 6.07) is 12.6. The highest BCUT2D eigenvalue weighted by Crippen LogP contribution is 2.31. The highest BCUT2D eigenvalue weighted by Gasteiger charge is 2.05. The van der Waals surface area contributed by atoms with Gasteiger partial charge in [0.2, 0.25) is 0 Å². The third-order valence-corrected chi connectivity index (χ3v) is 3.58. The molecule has 4 heteroatoms. The lowest BCUT2D eigenvalue weighted by molar-refractivity contribution is 0.414. The van der Waals surface area contributed by atoms with Crippen LogP contribution in [-0.2, 0) is 6.54 Å². The summed E-state index contributed by atoms with van der Waals surface area (Å²) in [7, 11) is 1.62. The Kier molecular flexibility index (Phi) is 4.23. The summed E-state index contributed by atoms with van der Waals surface area (Å²) >= 11 is 1.38. The van der Waals surface area contributed by atoms with E-state index in [0.717, 1.165) is 16.2 Å². The summed E-state index contributed by atoms with van der Waals surface area (Å²) in [4.78, 5) is 1.56. The average molecular weight is 263 g/mol. The Balaban J connectivity index is 2.17. The van der Waals surface area contributed by atoms with Gasteiger partial charge in [0, 0.05) is 16.3 Å². The van der Waals surface area contributed by atoms with Gasteiger partial charge < -0.3 is 10.5 Å². The monoisotopic (exact) mass is 263 g/mol. The zero-order valence-corrected chi connectivity index (χ0v) is 10.8. The number of benzene rings is 2. The lowest BCUT2D eigenvalue weighted by Gasteiger charge is -2.06. The molecule has 2 aromatic rings. The molecule has 2 N–H and O–H groups in total. The normalized spacial score (nSPS) is 10.4. The zero-order chi connectivity index (χ0) is 13.0. The van der Waals surface area contributed by atoms with Crippen molar-refractivity contribution in [3.05, 3.63) is 53.8 Å². The van der Waals surface area contributed by atoms with Gasteiger partial charge in [0.25, 0.3) is 0 Å². The number of hydrogen-bond acceptors (Lipinski definition) is 3. The molecule has 0 radical (unpaired) electrons. The van der Waals surface area contributed by atoms with E-state index in [0.29, 0.717) is 11.4 Å². The van der Waals surface area contributed by atoms with Crippen LogP contribution in [0.5, 0.6) is 5.75 Å². The second-order valence-electron chi connectivity index (χ2n) is 3.75. The summed E-state index contributed by atoms with van der Waals surface area (Å²) < 4.78 is 18.8. The van der Waals surface area contributed by atoms with Gasteiger partial charge in [-0.2, -0.15) is 0 Å². The molecule has 2 rings (SSSR count). The van der Waals surface area contributed by atoms with E-state index in [2.05, 4.69) is 0 Å². The average Bonchev–Trinajstić information content (AvgIpc) is 2.42. The SMILES string of the molecule is COc1ccc(Sc2ccc(CN)cc2F)cc1. The van der Waals surface area contributed by atoms with Crippen LogP contribution in [0.25, 0.3) is 0 Å². The van der Waals surface area contributed by atoms with Crippen molar-refractivity contribution in [3.63, 3.8) is 0 Å². The Morgan fingerprint density at radius 1 is 1.17 bits per heavy atom. The number of ether oxygens (including phenoxy) is 1. The van der Waals surface area contributed by atoms with Crippen LogP contribution in [0.3, 0.4) is 0 Å². The molecule has 0 fully saturated rings. The van der Waals surface area contributed by atoms with Crippen molar-refractivity contribution < 1.29 is 9.13 Å². The van der Waals surface area contributed by atoms with Crippen LogP contribution in [0.4, 0.5) is 4.39 Å². The van der Waals surface area contributed by atoms with Crippen LogP contribution < -0.4 is 10.5 Å². The minimum Gasteiger partial charge on any atom is -0.497 e. The van der Waals surface area contributed by atoms with Gasteiger partial charge in [0.15, 0.2) is 0 Å². The molecule has 0 saturated carbocycles. The summed E-state index contributed by atoms with van der Waals surface area (Å²) in [5, 5.41) is 0. The number of hydrogen-bond donors (Lipinski definition) is 1. The van der Waals surface area contributed by atoms with Crippen molar-refractivity contribution in [2.24, 2.45) is 5.73 Å². The topological polar surface area (TPSA) is 35.2 Å². The van der Waals surface area contributed by atoms with Gasteiger partial charge in [0.1, 0.15) is 11.6 Å². The van der Waals surface area contributed by atoms with Crippen molar-refractivity contribution in [2.75, 3.05) is 7.11 Å². The molecular formula is C14H14FNOS. The number of nitrogens with two attached hydrogens (primary N) is 1. The van der Waals surface area contributed by atoms with E-state index < -0.39 is 0 Å². The molecule has 0 aromatic heterocycles. The van der Waals surface area contributed by atoms with Crippen LogP contribution in [0.1, 0.15) is 5.56 Å². The number of rotatable bonds is 4. The fourth-order valence-electron chi connectivity index (χ4n) is 1.52. The largest absolute Gasteiger partial charge is 0.497 e. The van der Waals surface area contributed by atoms with E-state index in [1.54, 1.807) is 13.2 Å². The Hall–Kier alpha value is -1.52.